The maximum Gasteiger partial charge on any atom is 0.226 e. The summed E-state index contributed by atoms with van der Waals surface area (Å²) in [6, 6.07) is 0. The van der Waals surface area contributed by atoms with E-state index in [-0.39, 0.29) is 36.6 Å². The molecule has 1 aliphatic heterocycles. The Bertz CT molecular complexity index is 459. The molecule has 6 nitrogen and oxygen atoms in total. The van der Waals surface area contributed by atoms with Crippen LogP contribution in [0.15, 0.2) is 0 Å². The minimum atomic E-state index is -0.0882. The number of halogens is 2. The highest BCUT2D eigenvalue weighted by molar-refractivity contribution is 7.09. The molecule has 2 heterocycles. The molecule has 1 amide bonds. The lowest BCUT2D eigenvalue weighted by atomic mass is 10.1. The fourth-order valence-electron chi connectivity index (χ4n) is 2.26. The molecule has 0 radical (unpaired) electrons. The summed E-state index contributed by atoms with van der Waals surface area (Å²) in [7, 11) is 0. The summed E-state index contributed by atoms with van der Waals surface area (Å²) in [6.45, 7) is 7.66. The van der Waals surface area contributed by atoms with Crippen molar-refractivity contribution in [2.24, 2.45) is 11.7 Å². The molecule has 9 heteroatoms. The first-order chi connectivity index (χ1) is 9.65. The second kappa shape index (κ2) is 10.2. The zero-order valence-corrected chi connectivity index (χ0v) is 15.5. The second-order valence-corrected chi connectivity index (χ2v) is 5.88. The van der Waals surface area contributed by atoms with Gasteiger partial charge in [-0.1, -0.05) is 13.8 Å². The van der Waals surface area contributed by atoms with Crippen LogP contribution < -0.4 is 10.6 Å². The molecule has 1 aliphatic rings. The lowest BCUT2D eigenvalue weighted by molar-refractivity contribution is -0.134. The minimum absolute atomic E-state index is 0. The Morgan fingerprint density at radius 2 is 2.05 bits per heavy atom. The summed E-state index contributed by atoms with van der Waals surface area (Å²) in [4.78, 5) is 20.9. The van der Waals surface area contributed by atoms with Crippen LogP contribution in [0.25, 0.3) is 0 Å². The van der Waals surface area contributed by atoms with Gasteiger partial charge < -0.3 is 15.5 Å². The summed E-state index contributed by atoms with van der Waals surface area (Å²) >= 11 is 1.45. The number of aromatic nitrogens is 2. The molecule has 0 saturated carbocycles. The summed E-state index contributed by atoms with van der Waals surface area (Å²) in [5, 5.41) is 0.975. The lowest BCUT2D eigenvalue weighted by Gasteiger charge is -2.24. The molecule has 2 N–H and O–H groups in total. The van der Waals surface area contributed by atoms with Crippen LogP contribution in [0, 0.1) is 5.92 Å². The Hall–Kier alpha value is -0.630. The summed E-state index contributed by atoms with van der Waals surface area (Å²) < 4.78 is 4.33. The highest BCUT2D eigenvalue weighted by Crippen LogP contribution is 2.19. The van der Waals surface area contributed by atoms with E-state index in [1.807, 2.05) is 11.8 Å². The van der Waals surface area contributed by atoms with Crippen molar-refractivity contribution < 1.29 is 4.79 Å². The Kier molecular flexibility index (Phi) is 9.91. The second-order valence-electron chi connectivity index (χ2n) is 5.15. The lowest BCUT2D eigenvalue weighted by Crippen LogP contribution is -2.40. The van der Waals surface area contributed by atoms with Crippen LogP contribution in [-0.4, -0.2) is 52.9 Å². The molecule has 1 fully saturated rings. The number of hydrogen-bond donors (Lipinski definition) is 1. The molecule has 0 spiro atoms. The van der Waals surface area contributed by atoms with Gasteiger partial charge in [-0.2, -0.15) is 4.37 Å². The van der Waals surface area contributed by atoms with E-state index in [9.17, 15) is 4.79 Å². The summed E-state index contributed by atoms with van der Waals surface area (Å²) in [5.74, 6) is 0.981. The molecule has 2 rings (SSSR count). The Balaban J connectivity index is 0.00000220. The zero-order valence-electron chi connectivity index (χ0n) is 13.0. The molecule has 1 aromatic heterocycles. The third kappa shape index (κ3) is 5.22. The molecule has 22 heavy (non-hydrogen) atoms. The minimum Gasteiger partial charge on any atom is -0.345 e. The number of carbonyl (C=O) groups is 1. The van der Waals surface area contributed by atoms with Crippen molar-refractivity contribution >= 4 is 47.4 Å². The van der Waals surface area contributed by atoms with Crippen molar-refractivity contribution in [2.75, 3.05) is 37.6 Å². The molecule has 0 aliphatic carbocycles. The number of rotatable bonds is 4. The third-order valence-electron chi connectivity index (χ3n) is 3.63. The highest BCUT2D eigenvalue weighted by atomic mass is 35.5. The summed E-state index contributed by atoms with van der Waals surface area (Å²) in [5.41, 5.74) is 5.58. The van der Waals surface area contributed by atoms with Gasteiger partial charge in [-0.15, -0.1) is 24.8 Å². The van der Waals surface area contributed by atoms with E-state index in [0.717, 1.165) is 50.0 Å². The number of hydrogen-bond acceptors (Lipinski definition) is 6. The van der Waals surface area contributed by atoms with Gasteiger partial charge in [-0.3, -0.25) is 4.79 Å². The van der Waals surface area contributed by atoms with Crippen LogP contribution in [-0.2, 0) is 11.2 Å². The zero-order chi connectivity index (χ0) is 14.5. The van der Waals surface area contributed by atoms with Crippen molar-refractivity contribution in [1.29, 1.82) is 0 Å². The van der Waals surface area contributed by atoms with E-state index in [2.05, 4.69) is 21.2 Å². The molecular formula is C13H25Cl2N5OS. The molecule has 0 aromatic carbocycles. The number of nitrogens with two attached hydrogens (primary N) is 1. The van der Waals surface area contributed by atoms with Gasteiger partial charge in [0.05, 0.1) is 0 Å². The summed E-state index contributed by atoms with van der Waals surface area (Å²) in [6.07, 6.45) is 1.83. The predicted molar refractivity (Wildman–Crippen MR) is 95.4 cm³/mol. The molecule has 128 valence electrons. The number of amides is 1. The third-order valence-corrected chi connectivity index (χ3v) is 4.44. The van der Waals surface area contributed by atoms with Crippen molar-refractivity contribution in [3.05, 3.63) is 5.82 Å². The van der Waals surface area contributed by atoms with Crippen LogP contribution in [0.3, 0.4) is 0 Å². The van der Waals surface area contributed by atoms with Gasteiger partial charge in [-0.05, 0) is 6.42 Å². The predicted octanol–water partition coefficient (Wildman–Crippen LogP) is 1.58. The first kappa shape index (κ1) is 21.4. The first-order valence-electron chi connectivity index (χ1n) is 7.22. The van der Waals surface area contributed by atoms with E-state index in [1.54, 1.807) is 0 Å². The Morgan fingerprint density at radius 1 is 1.32 bits per heavy atom. The van der Waals surface area contributed by atoms with E-state index in [1.165, 1.54) is 11.5 Å². The molecule has 1 atom stereocenters. The quantitative estimate of drug-likeness (QED) is 0.871. The standard InChI is InChI=1S/C13H23N5OS.2ClH/c1-3-11-15-13(20-16-11)18-6-4-5-17(7-8-18)12(19)10(2)9-14;;/h10H,3-9,14H2,1-2H3;2*1H. The average molecular weight is 370 g/mol. The van der Waals surface area contributed by atoms with E-state index in [0.29, 0.717) is 6.54 Å². The van der Waals surface area contributed by atoms with Crippen molar-refractivity contribution in [2.45, 2.75) is 26.7 Å². The van der Waals surface area contributed by atoms with Crippen molar-refractivity contribution in [1.82, 2.24) is 14.3 Å². The van der Waals surface area contributed by atoms with Gasteiger partial charge in [0, 0.05) is 56.6 Å². The molecular weight excluding hydrogens is 345 g/mol. The van der Waals surface area contributed by atoms with Crippen LogP contribution in [0.5, 0.6) is 0 Å². The van der Waals surface area contributed by atoms with Crippen LogP contribution >= 0.6 is 36.3 Å². The topological polar surface area (TPSA) is 75.4 Å². The first-order valence-corrected chi connectivity index (χ1v) is 7.99. The Labute approximate surface area is 148 Å². The van der Waals surface area contributed by atoms with Crippen LogP contribution in [0.1, 0.15) is 26.1 Å². The van der Waals surface area contributed by atoms with Crippen molar-refractivity contribution in [3.8, 4) is 0 Å². The average Bonchev–Trinajstić information content (AvgIpc) is 2.82. The van der Waals surface area contributed by atoms with Gasteiger partial charge >= 0.3 is 0 Å². The number of nitrogens with zero attached hydrogens (tertiary/aromatic N) is 4. The van der Waals surface area contributed by atoms with Crippen LogP contribution in [0.4, 0.5) is 5.13 Å². The van der Waals surface area contributed by atoms with Crippen molar-refractivity contribution in [3.63, 3.8) is 0 Å². The molecule has 1 unspecified atom stereocenters. The molecule has 1 saturated heterocycles. The SMILES string of the molecule is CCc1nsc(N2CCCN(C(=O)C(C)CN)CC2)n1.Cl.Cl. The maximum atomic E-state index is 12.2. The largest absolute Gasteiger partial charge is 0.345 e. The number of aryl methyl sites for hydroxylation is 1. The van der Waals surface area contributed by atoms with Crippen LogP contribution in [0.2, 0.25) is 0 Å². The van der Waals surface area contributed by atoms with Gasteiger partial charge in [0.2, 0.25) is 11.0 Å². The highest BCUT2D eigenvalue weighted by Gasteiger charge is 2.23. The van der Waals surface area contributed by atoms with E-state index < -0.39 is 0 Å². The monoisotopic (exact) mass is 369 g/mol. The fourth-order valence-corrected chi connectivity index (χ4v) is 3.06. The van der Waals surface area contributed by atoms with E-state index >= 15 is 0 Å². The Morgan fingerprint density at radius 3 is 2.64 bits per heavy atom. The van der Waals surface area contributed by atoms with E-state index in [4.69, 9.17) is 5.73 Å². The van der Waals surface area contributed by atoms with Gasteiger partial charge in [-0.25, -0.2) is 4.98 Å². The maximum absolute atomic E-state index is 12.2. The number of carbonyl (C=O) groups excluding carboxylic acids is 1. The smallest absolute Gasteiger partial charge is 0.226 e. The number of anilines is 1. The van der Waals surface area contributed by atoms with Gasteiger partial charge in [0.25, 0.3) is 0 Å². The molecule has 0 bridgehead atoms. The van der Waals surface area contributed by atoms with Gasteiger partial charge in [0.1, 0.15) is 5.82 Å². The van der Waals surface area contributed by atoms with Gasteiger partial charge in [0.15, 0.2) is 0 Å². The normalized spacial score (nSPS) is 16.3. The molecule has 1 aromatic rings. The fraction of sp³-hybridized carbons (Fsp3) is 0.769.